The fourth-order valence-electron chi connectivity index (χ4n) is 3.11. The van der Waals surface area contributed by atoms with Crippen LogP contribution in [0.3, 0.4) is 0 Å². The van der Waals surface area contributed by atoms with E-state index in [9.17, 15) is 4.79 Å². The molecule has 4 rings (SSSR count). The molecule has 0 radical (unpaired) electrons. The van der Waals surface area contributed by atoms with Gasteiger partial charge in [0.1, 0.15) is 0 Å². The number of fused-ring (bicyclic) bond motifs is 1. The smallest absolute Gasteiger partial charge is 0.225 e. The Morgan fingerprint density at radius 3 is 2.96 bits per heavy atom. The van der Waals surface area contributed by atoms with Crippen molar-refractivity contribution in [2.24, 2.45) is 13.0 Å². The Bertz CT molecular complexity index is 815. The summed E-state index contributed by atoms with van der Waals surface area (Å²) in [5, 5.41) is 12.5. The molecule has 0 saturated carbocycles. The first kappa shape index (κ1) is 19.7. The molecule has 1 aliphatic heterocycles. The van der Waals surface area contributed by atoms with Gasteiger partial charge in [0.05, 0.1) is 24.4 Å². The molecule has 1 fully saturated rings. The van der Waals surface area contributed by atoms with Crippen LogP contribution in [0.15, 0.2) is 30.2 Å². The molecule has 0 spiro atoms. The van der Waals surface area contributed by atoms with Gasteiger partial charge in [-0.15, -0.1) is 36.2 Å². The van der Waals surface area contributed by atoms with Crippen LogP contribution in [-0.2, 0) is 18.4 Å². The van der Waals surface area contributed by atoms with Gasteiger partial charge in [-0.25, -0.2) is 4.98 Å². The predicted octanol–water partition coefficient (Wildman–Crippen LogP) is 1.59. The van der Waals surface area contributed by atoms with Crippen molar-refractivity contribution in [1.82, 2.24) is 29.8 Å². The van der Waals surface area contributed by atoms with Gasteiger partial charge >= 0.3 is 0 Å². The van der Waals surface area contributed by atoms with Gasteiger partial charge in [0.25, 0.3) is 0 Å². The molecule has 2 atom stereocenters. The van der Waals surface area contributed by atoms with E-state index in [1.807, 2.05) is 41.6 Å². The van der Waals surface area contributed by atoms with Crippen LogP contribution in [-0.4, -0.2) is 38.2 Å². The Balaban J connectivity index is 0.00000113. The lowest BCUT2D eigenvalue weighted by atomic mass is 9.90. The number of aryl methyl sites for hydroxylation is 1. The third kappa shape index (κ3) is 3.98. The number of nitrogens with one attached hydrogen (secondary N) is 2. The zero-order chi connectivity index (χ0) is 15.8. The molecule has 136 valence electrons. The normalized spacial score (nSPS) is 19.4. The van der Waals surface area contributed by atoms with Crippen LogP contribution in [0, 0.1) is 5.92 Å². The van der Waals surface area contributed by atoms with Gasteiger partial charge in [0.2, 0.25) is 5.91 Å². The van der Waals surface area contributed by atoms with Crippen LogP contribution in [0.2, 0.25) is 0 Å². The van der Waals surface area contributed by atoms with Crippen LogP contribution in [0.5, 0.6) is 0 Å². The van der Waals surface area contributed by atoms with E-state index in [1.54, 1.807) is 16.0 Å². The van der Waals surface area contributed by atoms with E-state index < -0.39 is 0 Å². The summed E-state index contributed by atoms with van der Waals surface area (Å²) in [7, 11) is 1.89. The Hall–Kier alpha value is -1.61. The van der Waals surface area contributed by atoms with Gasteiger partial charge in [0.15, 0.2) is 4.96 Å². The molecule has 0 aliphatic carbocycles. The Kier molecular flexibility index (Phi) is 6.45. The number of rotatable bonds is 4. The van der Waals surface area contributed by atoms with Crippen molar-refractivity contribution < 1.29 is 4.79 Å². The molecule has 25 heavy (non-hydrogen) atoms. The second kappa shape index (κ2) is 8.18. The fourth-order valence-corrected chi connectivity index (χ4v) is 3.83. The van der Waals surface area contributed by atoms with Crippen LogP contribution in [0.4, 0.5) is 0 Å². The molecule has 0 bridgehead atoms. The highest BCUT2D eigenvalue weighted by atomic mass is 35.5. The standard InChI is InChI=1S/C15H18N6OS.2ClH/c1-20-8-10(4-18-20)12-6-16-7-13(12)14(22)17-5-11-9-21-2-3-23-15(21)19-11;;/h2-4,8-9,12-13,16H,5-7H2,1H3,(H,17,22);2*1H/t12-,13+;;/m1../s1. The van der Waals surface area contributed by atoms with Gasteiger partial charge in [-0.1, -0.05) is 0 Å². The number of halogens is 2. The fraction of sp³-hybridized carbons (Fsp3) is 0.400. The van der Waals surface area contributed by atoms with E-state index in [-0.39, 0.29) is 42.6 Å². The summed E-state index contributed by atoms with van der Waals surface area (Å²) >= 11 is 1.59. The summed E-state index contributed by atoms with van der Waals surface area (Å²) in [6.45, 7) is 1.97. The maximum Gasteiger partial charge on any atom is 0.225 e. The van der Waals surface area contributed by atoms with E-state index in [4.69, 9.17) is 0 Å². The first-order chi connectivity index (χ1) is 11.2. The maximum absolute atomic E-state index is 12.6. The van der Waals surface area contributed by atoms with Gasteiger partial charge in [-0.2, -0.15) is 5.10 Å². The van der Waals surface area contributed by atoms with Crippen molar-refractivity contribution >= 4 is 47.0 Å². The number of imidazole rings is 1. The summed E-state index contributed by atoms with van der Waals surface area (Å²) in [5.74, 6) is 0.178. The zero-order valence-corrected chi connectivity index (χ0v) is 16.0. The highest BCUT2D eigenvalue weighted by molar-refractivity contribution is 7.15. The van der Waals surface area contributed by atoms with E-state index >= 15 is 0 Å². The highest BCUT2D eigenvalue weighted by Crippen LogP contribution is 2.27. The lowest BCUT2D eigenvalue weighted by molar-refractivity contribution is -0.125. The van der Waals surface area contributed by atoms with Crippen molar-refractivity contribution in [3.05, 3.63) is 41.4 Å². The molecule has 3 aromatic rings. The molecule has 1 saturated heterocycles. The minimum absolute atomic E-state index is 0. The van der Waals surface area contributed by atoms with Crippen LogP contribution in [0.25, 0.3) is 4.96 Å². The molecule has 10 heteroatoms. The number of hydrogen-bond acceptors (Lipinski definition) is 5. The average molecular weight is 403 g/mol. The Morgan fingerprint density at radius 1 is 1.40 bits per heavy atom. The molecule has 0 unspecified atom stereocenters. The summed E-state index contributed by atoms with van der Waals surface area (Å²) in [4.78, 5) is 18.0. The third-order valence-corrected chi connectivity index (χ3v) is 5.06. The number of thiazole rings is 1. The first-order valence-electron chi connectivity index (χ1n) is 7.59. The summed E-state index contributed by atoms with van der Waals surface area (Å²) < 4.78 is 3.75. The molecular formula is C15H20Cl2N6OS. The maximum atomic E-state index is 12.6. The Labute approximate surface area is 161 Å². The molecular weight excluding hydrogens is 383 g/mol. The van der Waals surface area contributed by atoms with Crippen LogP contribution in [0.1, 0.15) is 17.2 Å². The number of carbonyl (C=O) groups is 1. The lowest BCUT2D eigenvalue weighted by Crippen LogP contribution is -2.34. The predicted molar refractivity (Wildman–Crippen MR) is 102 cm³/mol. The van der Waals surface area contributed by atoms with E-state index in [2.05, 4.69) is 20.7 Å². The molecule has 1 amide bonds. The third-order valence-electron chi connectivity index (χ3n) is 4.29. The van der Waals surface area contributed by atoms with Gasteiger partial charge in [-0.3, -0.25) is 13.9 Å². The summed E-state index contributed by atoms with van der Waals surface area (Å²) in [6, 6.07) is 0. The van der Waals surface area contributed by atoms with E-state index in [1.165, 1.54) is 0 Å². The second-order valence-electron chi connectivity index (χ2n) is 5.86. The van der Waals surface area contributed by atoms with E-state index in [0.29, 0.717) is 13.1 Å². The topological polar surface area (TPSA) is 76.2 Å². The second-order valence-corrected chi connectivity index (χ2v) is 6.73. The number of amides is 1. The van der Waals surface area contributed by atoms with Crippen molar-refractivity contribution in [3.63, 3.8) is 0 Å². The summed E-state index contributed by atoms with van der Waals surface area (Å²) in [5.41, 5.74) is 1.99. The zero-order valence-electron chi connectivity index (χ0n) is 13.6. The number of carbonyl (C=O) groups excluding carboxylic acids is 1. The quantitative estimate of drug-likeness (QED) is 0.694. The first-order valence-corrected chi connectivity index (χ1v) is 8.47. The van der Waals surface area contributed by atoms with Crippen molar-refractivity contribution in [1.29, 1.82) is 0 Å². The van der Waals surface area contributed by atoms with E-state index in [0.717, 1.165) is 22.8 Å². The molecule has 3 aromatic heterocycles. The van der Waals surface area contributed by atoms with Crippen LogP contribution < -0.4 is 10.6 Å². The number of aromatic nitrogens is 4. The minimum Gasteiger partial charge on any atom is -0.350 e. The molecule has 7 nitrogen and oxygen atoms in total. The van der Waals surface area contributed by atoms with Crippen molar-refractivity contribution in [3.8, 4) is 0 Å². The lowest BCUT2D eigenvalue weighted by Gasteiger charge is -2.16. The van der Waals surface area contributed by atoms with Crippen molar-refractivity contribution in [2.75, 3.05) is 13.1 Å². The van der Waals surface area contributed by atoms with Crippen LogP contribution >= 0.6 is 36.2 Å². The Morgan fingerprint density at radius 2 is 2.24 bits per heavy atom. The van der Waals surface area contributed by atoms with Gasteiger partial charge in [0, 0.05) is 50.0 Å². The largest absolute Gasteiger partial charge is 0.350 e. The van der Waals surface area contributed by atoms with Crippen molar-refractivity contribution in [2.45, 2.75) is 12.5 Å². The average Bonchev–Trinajstić information content (AvgIpc) is 3.27. The SMILES string of the molecule is Cl.Cl.Cn1cc([C@H]2CNC[C@@H]2C(=O)NCc2cn3ccsc3n2)cn1. The van der Waals surface area contributed by atoms with Gasteiger partial charge in [-0.05, 0) is 5.56 Å². The number of nitrogens with zero attached hydrogens (tertiary/aromatic N) is 4. The highest BCUT2D eigenvalue weighted by Gasteiger charge is 2.34. The number of hydrogen-bond donors (Lipinski definition) is 2. The monoisotopic (exact) mass is 402 g/mol. The molecule has 4 heterocycles. The van der Waals surface area contributed by atoms with Gasteiger partial charge < -0.3 is 10.6 Å². The molecule has 2 N–H and O–H groups in total. The molecule has 0 aromatic carbocycles. The molecule has 1 aliphatic rings. The minimum atomic E-state index is -0.0667. The summed E-state index contributed by atoms with van der Waals surface area (Å²) in [6.07, 6.45) is 7.76.